The van der Waals surface area contributed by atoms with Crippen molar-refractivity contribution in [2.45, 2.75) is 38.5 Å². The number of benzene rings is 1. The molecule has 0 aliphatic carbocycles. The van der Waals surface area contributed by atoms with Gasteiger partial charge in [0.05, 0.1) is 11.3 Å². The first kappa shape index (κ1) is 20.0. The number of nitrogens with one attached hydrogen (secondary N) is 1. The molecule has 5 nitrogen and oxygen atoms in total. The zero-order valence-corrected chi connectivity index (χ0v) is 15.5. The van der Waals surface area contributed by atoms with Crippen molar-refractivity contribution >= 4 is 27.8 Å². The Bertz CT molecular complexity index is 609. The average molecular weight is 360 g/mol. The molecular weight excluding hydrogens is 334 g/mol. The molecule has 1 rings (SSSR count). The fourth-order valence-electron chi connectivity index (χ4n) is 1.99. The van der Waals surface area contributed by atoms with Crippen molar-refractivity contribution < 1.29 is 18.3 Å². The lowest BCUT2D eigenvalue weighted by atomic mass is 9.92. The van der Waals surface area contributed by atoms with E-state index in [2.05, 4.69) is 4.72 Å². The summed E-state index contributed by atoms with van der Waals surface area (Å²) in [4.78, 5) is 11.0. The molecule has 130 valence electrons. The van der Waals surface area contributed by atoms with Crippen molar-refractivity contribution in [3.8, 4) is 0 Å². The van der Waals surface area contributed by atoms with Gasteiger partial charge in [-0.05, 0) is 42.4 Å². The number of carboxylic acid groups (broad SMARTS) is 1. The van der Waals surface area contributed by atoms with E-state index in [1.165, 1.54) is 0 Å². The van der Waals surface area contributed by atoms with E-state index in [-0.39, 0.29) is 16.7 Å². The van der Waals surface area contributed by atoms with Crippen molar-refractivity contribution in [1.29, 1.82) is 0 Å². The lowest BCUT2D eigenvalue weighted by Crippen LogP contribution is -2.25. The Morgan fingerprint density at radius 2 is 1.87 bits per heavy atom. The smallest absolute Gasteiger partial charge is 0.303 e. The van der Waals surface area contributed by atoms with E-state index < -0.39 is 16.0 Å². The van der Waals surface area contributed by atoms with E-state index in [0.29, 0.717) is 13.0 Å². The first-order valence-corrected chi connectivity index (χ1v) is 10.1. The highest BCUT2D eigenvalue weighted by Gasteiger charge is 2.21. The molecular formula is C16H25NO4S2. The predicted octanol–water partition coefficient (Wildman–Crippen LogP) is 2.90. The van der Waals surface area contributed by atoms with E-state index >= 15 is 0 Å². The highest BCUT2D eigenvalue weighted by molar-refractivity contribution is 7.99. The van der Waals surface area contributed by atoms with Crippen LogP contribution in [0.4, 0.5) is 0 Å². The lowest BCUT2D eigenvalue weighted by Gasteiger charge is -2.21. The van der Waals surface area contributed by atoms with E-state index in [9.17, 15) is 13.2 Å². The molecule has 0 unspecified atom stereocenters. The van der Waals surface area contributed by atoms with Crippen LogP contribution in [0.3, 0.4) is 0 Å². The molecule has 0 heterocycles. The van der Waals surface area contributed by atoms with Crippen molar-refractivity contribution in [1.82, 2.24) is 4.72 Å². The summed E-state index contributed by atoms with van der Waals surface area (Å²) >= 11 is 1.65. The van der Waals surface area contributed by atoms with Gasteiger partial charge in [-0.1, -0.05) is 31.5 Å². The summed E-state index contributed by atoms with van der Waals surface area (Å²) in [6.07, 6.45) is 0.846. The van der Waals surface area contributed by atoms with E-state index in [4.69, 9.17) is 5.11 Å². The van der Waals surface area contributed by atoms with Crippen LogP contribution in [-0.4, -0.2) is 37.5 Å². The van der Waals surface area contributed by atoms with Crippen LogP contribution in [0.1, 0.15) is 32.3 Å². The standard InChI is InChI=1S/C16H25NO4S2/c1-13-5-7-14(8-6-13)23(20,21)17-9-4-10-22-12-16(2,3)11-15(18)19/h5-8,17H,4,9-12H2,1-3H3,(H,18,19). The molecule has 0 atom stereocenters. The number of hydrogen-bond acceptors (Lipinski definition) is 4. The van der Waals surface area contributed by atoms with Gasteiger partial charge in [0.2, 0.25) is 10.0 Å². The molecule has 1 aromatic rings. The zero-order chi connectivity index (χ0) is 17.5. The maximum absolute atomic E-state index is 12.1. The Balaban J connectivity index is 2.29. The van der Waals surface area contributed by atoms with Gasteiger partial charge in [0.1, 0.15) is 0 Å². The van der Waals surface area contributed by atoms with Gasteiger partial charge in [-0.25, -0.2) is 13.1 Å². The van der Waals surface area contributed by atoms with Gasteiger partial charge in [0.15, 0.2) is 0 Å². The van der Waals surface area contributed by atoms with Crippen LogP contribution < -0.4 is 4.72 Å². The maximum Gasteiger partial charge on any atom is 0.303 e. The first-order valence-electron chi connectivity index (χ1n) is 7.48. The summed E-state index contributed by atoms with van der Waals surface area (Å²) in [5, 5.41) is 8.82. The SMILES string of the molecule is Cc1ccc(S(=O)(=O)NCCCSCC(C)(C)CC(=O)O)cc1. The molecule has 0 saturated heterocycles. The lowest BCUT2D eigenvalue weighted by molar-refractivity contribution is -0.138. The second-order valence-electron chi connectivity index (χ2n) is 6.35. The molecule has 7 heteroatoms. The number of hydrogen-bond donors (Lipinski definition) is 2. The van der Waals surface area contributed by atoms with Crippen LogP contribution in [0.5, 0.6) is 0 Å². The Kier molecular flexibility index (Phi) is 7.57. The van der Waals surface area contributed by atoms with Crippen molar-refractivity contribution in [3.63, 3.8) is 0 Å². The highest BCUT2D eigenvalue weighted by Crippen LogP contribution is 2.26. The molecule has 0 aliphatic rings. The van der Waals surface area contributed by atoms with Crippen LogP contribution in [-0.2, 0) is 14.8 Å². The van der Waals surface area contributed by atoms with Crippen LogP contribution >= 0.6 is 11.8 Å². The molecule has 0 bridgehead atoms. The van der Waals surface area contributed by atoms with Crippen LogP contribution in [0, 0.1) is 12.3 Å². The van der Waals surface area contributed by atoms with Gasteiger partial charge in [-0.3, -0.25) is 4.79 Å². The fourth-order valence-corrected chi connectivity index (χ4v) is 4.21. The minimum atomic E-state index is -3.45. The largest absolute Gasteiger partial charge is 0.481 e. The Morgan fingerprint density at radius 1 is 1.26 bits per heavy atom. The number of carboxylic acids is 1. The summed E-state index contributed by atoms with van der Waals surface area (Å²) in [5.41, 5.74) is 0.766. The van der Waals surface area contributed by atoms with Crippen molar-refractivity contribution in [2.24, 2.45) is 5.41 Å². The molecule has 1 aromatic carbocycles. The Morgan fingerprint density at radius 3 is 2.43 bits per heavy atom. The first-order chi connectivity index (χ1) is 10.6. The Hall–Kier alpha value is -1.05. The van der Waals surface area contributed by atoms with Gasteiger partial charge in [-0.15, -0.1) is 0 Å². The zero-order valence-electron chi connectivity index (χ0n) is 13.8. The number of rotatable bonds is 10. The van der Waals surface area contributed by atoms with Gasteiger partial charge >= 0.3 is 5.97 Å². The number of sulfonamides is 1. The molecule has 0 aromatic heterocycles. The number of aliphatic carboxylic acids is 1. The van der Waals surface area contributed by atoms with Gasteiger partial charge < -0.3 is 5.11 Å². The Labute approximate surface area is 142 Å². The topological polar surface area (TPSA) is 83.5 Å². The number of thioether (sulfide) groups is 1. The third-order valence-electron chi connectivity index (χ3n) is 3.21. The fraction of sp³-hybridized carbons (Fsp3) is 0.562. The normalized spacial score (nSPS) is 12.3. The molecule has 0 amide bonds. The number of carbonyl (C=O) groups is 1. The summed E-state index contributed by atoms with van der Waals surface area (Å²) in [7, 11) is -3.45. The van der Waals surface area contributed by atoms with Gasteiger partial charge in [0, 0.05) is 6.54 Å². The maximum atomic E-state index is 12.1. The summed E-state index contributed by atoms with van der Waals surface area (Å²) in [6, 6.07) is 6.74. The van der Waals surface area contributed by atoms with E-state index in [1.807, 2.05) is 20.8 Å². The van der Waals surface area contributed by atoms with E-state index in [1.54, 1.807) is 36.0 Å². The van der Waals surface area contributed by atoms with Crippen LogP contribution in [0.2, 0.25) is 0 Å². The third-order valence-corrected chi connectivity index (χ3v) is 6.25. The second kappa shape index (κ2) is 8.70. The number of aryl methyl sites for hydroxylation is 1. The van der Waals surface area contributed by atoms with Gasteiger partial charge in [-0.2, -0.15) is 11.8 Å². The summed E-state index contributed by atoms with van der Waals surface area (Å²) in [6.45, 7) is 6.14. The summed E-state index contributed by atoms with van der Waals surface area (Å²) in [5.74, 6) is 0.741. The molecule has 0 aliphatic heterocycles. The minimum Gasteiger partial charge on any atom is -0.481 e. The molecule has 0 saturated carbocycles. The molecule has 0 fully saturated rings. The summed E-state index contributed by atoms with van der Waals surface area (Å²) < 4.78 is 26.7. The molecule has 0 spiro atoms. The third kappa shape index (κ3) is 7.85. The molecule has 23 heavy (non-hydrogen) atoms. The average Bonchev–Trinajstić information content (AvgIpc) is 2.41. The van der Waals surface area contributed by atoms with Crippen molar-refractivity contribution in [3.05, 3.63) is 29.8 Å². The van der Waals surface area contributed by atoms with Crippen LogP contribution in [0.15, 0.2) is 29.2 Å². The quantitative estimate of drug-likeness (QED) is 0.628. The highest BCUT2D eigenvalue weighted by atomic mass is 32.2. The monoisotopic (exact) mass is 359 g/mol. The van der Waals surface area contributed by atoms with Crippen LogP contribution in [0.25, 0.3) is 0 Å². The minimum absolute atomic E-state index is 0.139. The van der Waals surface area contributed by atoms with Gasteiger partial charge in [0.25, 0.3) is 0 Å². The second-order valence-corrected chi connectivity index (χ2v) is 9.22. The molecule has 0 radical (unpaired) electrons. The molecule has 2 N–H and O–H groups in total. The van der Waals surface area contributed by atoms with Crippen molar-refractivity contribution in [2.75, 3.05) is 18.1 Å². The van der Waals surface area contributed by atoms with E-state index in [0.717, 1.165) is 17.1 Å². The predicted molar refractivity (Wildman–Crippen MR) is 94.3 cm³/mol.